The van der Waals surface area contributed by atoms with Crippen molar-refractivity contribution in [2.45, 2.75) is 38.8 Å². The van der Waals surface area contributed by atoms with Gasteiger partial charge in [-0.15, -0.1) is 6.42 Å². The second kappa shape index (κ2) is 7.16. The molecule has 0 bridgehead atoms. The number of benzene rings is 1. The van der Waals surface area contributed by atoms with Crippen molar-refractivity contribution in [1.82, 2.24) is 5.32 Å². The Bertz CT molecular complexity index is 689. The molecule has 134 valence electrons. The second-order valence-corrected chi connectivity index (χ2v) is 6.55. The Labute approximate surface area is 147 Å². The Kier molecular flexibility index (Phi) is 5.39. The normalized spacial score (nSPS) is 23.8. The fraction of sp³-hybridized carbons (Fsp3) is 0.474. The number of ether oxygens (including phenoxy) is 2. The highest BCUT2D eigenvalue weighted by Gasteiger charge is 2.66. The molecule has 0 aliphatic heterocycles. The van der Waals surface area contributed by atoms with E-state index in [1.165, 1.54) is 0 Å². The van der Waals surface area contributed by atoms with Gasteiger partial charge in [-0.2, -0.15) is 0 Å². The summed E-state index contributed by atoms with van der Waals surface area (Å²) in [4.78, 5) is 24.4. The molecule has 1 aliphatic carbocycles. The van der Waals surface area contributed by atoms with E-state index in [1.54, 1.807) is 38.1 Å². The minimum Gasteiger partial charge on any atom is -0.481 e. The van der Waals surface area contributed by atoms with E-state index in [1.807, 2.05) is 6.92 Å². The van der Waals surface area contributed by atoms with E-state index in [4.69, 9.17) is 15.9 Å². The van der Waals surface area contributed by atoms with Crippen LogP contribution >= 0.6 is 0 Å². The maximum absolute atomic E-state index is 12.5. The molecule has 0 aromatic heterocycles. The summed E-state index contributed by atoms with van der Waals surface area (Å²) < 4.78 is 10.8. The molecule has 6 heteroatoms. The lowest BCUT2D eigenvalue weighted by atomic mass is 9.54. The molecule has 1 aromatic carbocycles. The van der Waals surface area contributed by atoms with Crippen LogP contribution < -0.4 is 10.1 Å². The van der Waals surface area contributed by atoms with Gasteiger partial charge in [-0.3, -0.25) is 4.79 Å². The number of hydrogen-bond acceptors (Lipinski definition) is 4. The van der Waals surface area contributed by atoms with Crippen molar-refractivity contribution in [2.75, 3.05) is 13.2 Å². The summed E-state index contributed by atoms with van der Waals surface area (Å²) >= 11 is 0. The van der Waals surface area contributed by atoms with Crippen molar-refractivity contribution >= 4 is 11.9 Å². The lowest BCUT2D eigenvalue weighted by Crippen LogP contribution is -2.76. The maximum atomic E-state index is 12.5. The topological polar surface area (TPSA) is 84.9 Å². The van der Waals surface area contributed by atoms with Crippen LogP contribution in [-0.2, 0) is 9.53 Å². The van der Waals surface area contributed by atoms with E-state index in [0.29, 0.717) is 17.9 Å². The smallest absolute Gasteiger partial charge is 0.330 e. The van der Waals surface area contributed by atoms with E-state index in [-0.39, 0.29) is 19.1 Å². The molecule has 1 saturated carbocycles. The zero-order valence-electron chi connectivity index (χ0n) is 14.7. The van der Waals surface area contributed by atoms with Crippen molar-refractivity contribution < 1.29 is 24.2 Å². The van der Waals surface area contributed by atoms with Crippen LogP contribution in [-0.4, -0.2) is 41.8 Å². The summed E-state index contributed by atoms with van der Waals surface area (Å²) in [6.07, 6.45) is 5.15. The fourth-order valence-electron chi connectivity index (χ4n) is 3.13. The van der Waals surface area contributed by atoms with E-state index in [0.717, 1.165) is 0 Å². The van der Waals surface area contributed by atoms with Gasteiger partial charge in [0.25, 0.3) is 5.91 Å². The third-order valence-electron chi connectivity index (χ3n) is 4.90. The number of rotatable bonds is 7. The van der Waals surface area contributed by atoms with Gasteiger partial charge < -0.3 is 19.9 Å². The Morgan fingerprint density at radius 2 is 2.00 bits per heavy atom. The number of hydrogen-bond donors (Lipinski definition) is 2. The Hall–Kier alpha value is -2.52. The molecule has 1 aliphatic rings. The largest absolute Gasteiger partial charge is 0.481 e. The molecule has 1 aromatic rings. The molecule has 0 saturated heterocycles. The van der Waals surface area contributed by atoms with Crippen molar-refractivity contribution in [1.29, 1.82) is 0 Å². The first-order chi connectivity index (χ1) is 11.8. The standard InChI is InChI=1S/C19H23NO5/c1-5-11-25-14-9-7-13(8-10-14)16(21)20-19(17(22)23)12-15(24-6-2)18(19,3)4/h1,7-10,15H,6,11-12H2,2-4H3,(H,20,21)(H,22,23). The summed E-state index contributed by atoms with van der Waals surface area (Å²) in [5.74, 6) is 1.39. The summed E-state index contributed by atoms with van der Waals surface area (Å²) in [7, 11) is 0. The number of carboxylic acid groups (broad SMARTS) is 1. The number of terminal acetylenes is 1. The van der Waals surface area contributed by atoms with E-state index in [9.17, 15) is 14.7 Å². The van der Waals surface area contributed by atoms with Crippen molar-refractivity contribution in [2.24, 2.45) is 5.41 Å². The average Bonchev–Trinajstić information content (AvgIpc) is 2.58. The molecule has 0 spiro atoms. The van der Waals surface area contributed by atoms with Gasteiger partial charge in [-0.1, -0.05) is 19.8 Å². The first-order valence-electron chi connectivity index (χ1n) is 8.12. The van der Waals surface area contributed by atoms with Crippen LogP contribution in [0.25, 0.3) is 0 Å². The molecule has 0 radical (unpaired) electrons. The number of carboxylic acids is 1. The van der Waals surface area contributed by atoms with Crippen LogP contribution in [0, 0.1) is 17.8 Å². The quantitative estimate of drug-likeness (QED) is 0.739. The van der Waals surface area contributed by atoms with Crippen molar-refractivity contribution in [3.63, 3.8) is 0 Å². The Morgan fingerprint density at radius 3 is 2.48 bits per heavy atom. The first kappa shape index (κ1) is 18.8. The van der Waals surface area contributed by atoms with Crippen LogP contribution in [0.2, 0.25) is 0 Å². The van der Waals surface area contributed by atoms with Gasteiger partial charge >= 0.3 is 5.97 Å². The predicted molar refractivity (Wildman–Crippen MR) is 92.4 cm³/mol. The van der Waals surface area contributed by atoms with E-state index < -0.39 is 22.8 Å². The molecule has 2 atom stereocenters. The van der Waals surface area contributed by atoms with Crippen molar-refractivity contribution in [3.8, 4) is 18.1 Å². The van der Waals surface area contributed by atoms with Crippen LogP contribution in [0.15, 0.2) is 24.3 Å². The van der Waals surface area contributed by atoms with E-state index in [2.05, 4.69) is 11.2 Å². The molecule has 2 rings (SSSR count). The summed E-state index contributed by atoms with van der Waals surface area (Å²) in [5.41, 5.74) is -1.73. The van der Waals surface area contributed by atoms with Crippen LogP contribution in [0.5, 0.6) is 5.75 Å². The summed E-state index contributed by atoms with van der Waals surface area (Å²) in [6.45, 7) is 6.08. The monoisotopic (exact) mass is 345 g/mol. The molecular weight excluding hydrogens is 322 g/mol. The van der Waals surface area contributed by atoms with Gasteiger partial charge in [0, 0.05) is 24.0 Å². The van der Waals surface area contributed by atoms with Crippen LogP contribution in [0.3, 0.4) is 0 Å². The maximum Gasteiger partial charge on any atom is 0.330 e. The van der Waals surface area contributed by atoms with Crippen LogP contribution in [0.4, 0.5) is 0 Å². The lowest BCUT2D eigenvalue weighted by Gasteiger charge is -2.58. The number of aliphatic carboxylic acids is 1. The minimum atomic E-state index is -1.36. The van der Waals surface area contributed by atoms with Crippen LogP contribution in [0.1, 0.15) is 37.6 Å². The number of carbonyl (C=O) groups is 2. The SMILES string of the molecule is C#CCOc1ccc(C(=O)NC2(C(=O)O)CC(OCC)C2(C)C)cc1. The molecule has 1 amide bonds. The highest BCUT2D eigenvalue weighted by atomic mass is 16.5. The molecule has 25 heavy (non-hydrogen) atoms. The molecular formula is C19H23NO5. The Morgan fingerprint density at radius 1 is 1.36 bits per heavy atom. The fourth-order valence-corrected chi connectivity index (χ4v) is 3.13. The first-order valence-corrected chi connectivity index (χ1v) is 8.12. The highest BCUT2D eigenvalue weighted by Crippen LogP contribution is 2.51. The number of nitrogens with one attached hydrogen (secondary N) is 1. The number of carbonyl (C=O) groups excluding carboxylic acids is 1. The lowest BCUT2D eigenvalue weighted by molar-refractivity contribution is -0.190. The average molecular weight is 345 g/mol. The Balaban J connectivity index is 2.14. The minimum absolute atomic E-state index is 0.140. The third kappa shape index (κ3) is 3.33. The molecule has 1 fully saturated rings. The summed E-state index contributed by atoms with van der Waals surface area (Å²) in [6, 6.07) is 6.38. The zero-order chi connectivity index (χ0) is 18.7. The van der Waals surface area contributed by atoms with Crippen molar-refractivity contribution in [3.05, 3.63) is 29.8 Å². The molecule has 6 nitrogen and oxygen atoms in total. The third-order valence-corrected chi connectivity index (χ3v) is 4.90. The molecule has 2 unspecified atom stereocenters. The predicted octanol–water partition coefficient (Wildman–Crippen LogP) is 2.09. The molecule has 2 N–H and O–H groups in total. The zero-order valence-corrected chi connectivity index (χ0v) is 14.7. The van der Waals surface area contributed by atoms with Gasteiger partial charge in [0.2, 0.25) is 0 Å². The van der Waals surface area contributed by atoms with Gasteiger partial charge in [-0.05, 0) is 31.2 Å². The van der Waals surface area contributed by atoms with Gasteiger partial charge in [0.1, 0.15) is 17.9 Å². The van der Waals surface area contributed by atoms with Gasteiger partial charge in [0.05, 0.1) is 6.10 Å². The highest BCUT2D eigenvalue weighted by molar-refractivity contribution is 5.98. The summed E-state index contributed by atoms with van der Waals surface area (Å²) in [5, 5.41) is 12.4. The van der Waals surface area contributed by atoms with E-state index >= 15 is 0 Å². The van der Waals surface area contributed by atoms with Gasteiger partial charge in [0.15, 0.2) is 0 Å². The molecule has 0 heterocycles. The second-order valence-electron chi connectivity index (χ2n) is 6.55. The number of amides is 1. The van der Waals surface area contributed by atoms with Gasteiger partial charge in [-0.25, -0.2) is 4.79 Å².